The molecule has 2 aliphatic heterocycles. The van der Waals surface area contributed by atoms with E-state index in [1.54, 1.807) is 24.3 Å². The van der Waals surface area contributed by atoms with Gasteiger partial charge < -0.3 is 20.0 Å². The van der Waals surface area contributed by atoms with Crippen molar-refractivity contribution >= 4 is 34.7 Å². The van der Waals surface area contributed by atoms with E-state index in [2.05, 4.69) is 107 Å². The van der Waals surface area contributed by atoms with Gasteiger partial charge in [0.25, 0.3) is 0 Å². The molecule has 8 rings (SSSR count). The summed E-state index contributed by atoms with van der Waals surface area (Å²) in [5.41, 5.74) is 12.1. The molecule has 0 amide bonds. The zero-order valence-electron chi connectivity index (χ0n) is 26.0. The summed E-state index contributed by atoms with van der Waals surface area (Å²) < 4.78 is 0. The van der Waals surface area contributed by atoms with Gasteiger partial charge in [-0.05, 0) is 81.9 Å². The van der Waals surface area contributed by atoms with Crippen LogP contribution < -0.4 is 9.80 Å². The van der Waals surface area contributed by atoms with Crippen LogP contribution in [-0.2, 0) is 13.1 Å². The van der Waals surface area contributed by atoms with Gasteiger partial charge in [-0.1, -0.05) is 97.1 Å². The monoisotopic (exact) mass is 628 g/mol. The molecule has 0 bridgehead atoms. The van der Waals surface area contributed by atoms with Crippen molar-refractivity contribution in [3.05, 3.63) is 190 Å². The maximum absolute atomic E-state index is 11.5. The van der Waals surface area contributed by atoms with Gasteiger partial charge in [-0.15, -0.1) is 0 Å². The van der Waals surface area contributed by atoms with E-state index in [4.69, 9.17) is 0 Å². The Morgan fingerprint density at radius 3 is 0.958 bits per heavy atom. The summed E-state index contributed by atoms with van der Waals surface area (Å²) in [5, 5.41) is 18.9. The Bertz CT molecular complexity index is 1920. The Labute approximate surface area is 278 Å². The molecule has 0 fully saturated rings. The van der Waals surface area contributed by atoms with Crippen LogP contribution in [0.4, 0.5) is 22.7 Å². The average molecular weight is 629 g/mol. The fraction of sp³-hybridized carbons (Fsp3) is 0.0952. The maximum atomic E-state index is 11.5. The third-order valence-corrected chi connectivity index (χ3v) is 9.67. The van der Waals surface area contributed by atoms with Crippen molar-refractivity contribution in [2.45, 2.75) is 24.9 Å². The number of hydrogen-bond donors (Lipinski definition) is 2. The second-order valence-electron chi connectivity index (χ2n) is 12.4. The standard InChI is InChI=1S/C42H32N2O4/c45-41(46)29-21-17-27(18-22-29)25-43-35-13-5-1-9-31(35)39(32-10-2-6-14-36(32)43)40-33-11-3-7-15-37(33)44(38-16-8-4-12-34(38)40)26-28-19-23-30(24-20-28)42(47)48/h1-24,39-40H,25-26H2,(H,45,46)(H,47,48). The van der Waals surface area contributed by atoms with Gasteiger partial charge in [-0.2, -0.15) is 0 Å². The molecule has 2 N–H and O–H groups in total. The molecule has 6 aromatic carbocycles. The van der Waals surface area contributed by atoms with E-state index in [1.165, 1.54) is 22.3 Å². The Morgan fingerprint density at radius 2 is 0.688 bits per heavy atom. The number of carboxylic acid groups (broad SMARTS) is 2. The lowest BCUT2D eigenvalue weighted by atomic mass is 9.69. The van der Waals surface area contributed by atoms with Crippen LogP contribution in [0.15, 0.2) is 146 Å². The first-order valence-electron chi connectivity index (χ1n) is 16.0. The molecule has 6 aromatic rings. The van der Waals surface area contributed by atoms with Crippen LogP contribution in [0.5, 0.6) is 0 Å². The number of aromatic carboxylic acids is 2. The van der Waals surface area contributed by atoms with E-state index in [9.17, 15) is 19.8 Å². The predicted molar refractivity (Wildman–Crippen MR) is 188 cm³/mol. The van der Waals surface area contributed by atoms with E-state index < -0.39 is 11.9 Å². The lowest BCUT2D eigenvalue weighted by molar-refractivity contribution is 0.0686. The third kappa shape index (κ3) is 4.99. The number of anilines is 4. The highest BCUT2D eigenvalue weighted by Gasteiger charge is 2.41. The number of benzene rings is 6. The summed E-state index contributed by atoms with van der Waals surface area (Å²) in [6.45, 7) is 1.21. The second-order valence-corrected chi connectivity index (χ2v) is 12.4. The van der Waals surface area contributed by atoms with E-state index >= 15 is 0 Å². The van der Waals surface area contributed by atoms with Crippen LogP contribution in [0, 0.1) is 0 Å². The average Bonchev–Trinajstić information content (AvgIpc) is 3.12. The fourth-order valence-electron chi connectivity index (χ4n) is 7.51. The highest BCUT2D eigenvalue weighted by atomic mass is 16.4. The van der Waals surface area contributed by atoms with Gasteiger partial charge in [0.2, 0.25) is 0 Å². The van der Waals surface area contributed by atoms with E-state index in [-0.39, 0.29) is 23.0 Å². The van der Waals surface area contributed by atoms with Crippen LogP contribution in [0.3, 0.4) is 0 Å². The first kappa shape index (κ1) is 29.3. The molecule has 0 saturated carbocycles. The lowest BCUT2D eigenvalue weighted by Crippen LogP contribution is -2.32. The molecule has 0 aliphatic carbocycles. The first-order valence-corrected chi connectivity index (χ1v) is 16.0. The smallest absolute Gasteiger partial charge is 0.335 e. The van der Waals surface area contributed by atoms with Gasteiger partial charge >= 0.3 is 11.9 Å². The van der Waals surface area contributed by atoms with Crippen molar-refractivity contribution in [1.29, 1.82) is 0 Å². The van der Waals surface area contributed by atoms with E-state index in [0.717, 1.165) is 33.9 Å². The van der Waals surface area contributed by atoms with Crippen LogP contribution in [0.2, 0.25) is 0 Å². The van der Waals surface area contributed by atoms with Crippen molar-refractivity contribution in [1.82, 2.24) is 0 Å². The topological polar surface area (TPSA) is 81.1 Å². The molecule has 6 heteroatoms. The predicted octanol–water partition coefficient (Wildman–Crippen LogP) is 9.35. The molecule has 0 unspecified atom stereocenters. The van der Waals surface area contributed by atoms with Crippen LogP contribution in [0.25, 0.3) is 0 Å². The Morgan fingerprint density at radius 1 is 0.417 bits per heavy atom. The second kappa shape index (κ2) is 11.9. The van der Waals surface area contributed by atoms with Crippen LogP contribution in [-0.4, -0.2) is 22.2 Å². The molecule has 0 spiro atoms. The minimum atomic E-state index is -0.930. The molecule has 6 nitrogen and oxygen atoms in total. The summed E-state index contributed by atoms with van der Waals surface area (Å²) in [5.74, 6) is -1.80. The number of rotatable bonds is 7. The number of carboxylic acids is 2. The molecule has 2 heterocycles. The van der Waals surface area contributed by atoms with Crippen molar-refractivity contribution in [3.8, 4) is 0 Å². The van der Waals surface area contributed by atoms with Gasteiger partial charge in [-0.3, -0.25) is 0 Å². The largest absolute Gasteiger partial charge is 0.478 e. The van der Waals surface area contributed by atoms with Crippen molar-refractivity contribution in [2.75, 3.05) is 9.80 Å². The Hall–Kier alpha value is -6.14. The van der Waals surface area contributed by atoms with Crippen LogP contribution in [0.1, 0.15) is 65.9 Å². The fourth-order valence-corrected chi connectivity index (χ4v) is 7.51. The van der Waals surface area contributed by atoms with E-state index in [0.29, 0.717) is 13.1 Å². The number of fused-ring (bicyclic) bond motifs is 4. The van der Waals surface area contributed by atoms with Gasteiger partial charge in [0.05, 0.1) is 11.1 Å². The van der Waals surface area contributed by atoms with Crippen molar-refractivity contribution in [2.24, 2.45) is 0 Å². The zero-order valence-corrected chi connectivity index (χ0v) is 26.0. The van der Waals surface area contributed by atoms with Gasteiger partial charge in [0.15, 0.2) is 0 Å². The summed E-state index contributed by atoms with van der Waals surface area (Å²) >= 11 is 0. The molecule has 0 atom stereocenters. The molecular weight excluding hydrogens is 596 g/mol. The van der Waals surface area contributed by atoms with Crippen molar-refractivity contribution < 1.29 is 19.8 Å². The molecule has 48 heavy (non-hydrogen) atoms. The molecule has 234 valence electrons. The van der Waals surface area contributed by atoms with Crippen molar-refractivity contribution in [3.63, 3.8) is 0 Å². The lowest BCUT2D eigenvalue weighted by Gasteiger charge is -2.45. The number of para-hydroxylation sites is 4. The molecule has 0 aromatic heterocycles. The van der Waals surface area contributed by atoms with E-state index in [1.807, 2.05) is 24.3 Å². The van der Waals surface area contributed by atoms with Gasteiger partial charge in [0, 0.05) is 47.7 Å². The number of nitrogens with zero attached hydrogens (tertiary/aromatic N) is 2. The molecule has 0 radical (unpaired) electrons. The maximum Gasteiger partial charge on any atom is 0.335 e. The summed E-state index contributed by atoms with van der Waals surface area (Å²) in [4.78, 5) is 27.7. The molecule has 2 aliphatic rings. The van der Waals surface area contributed by atoms with Gasteiger partial charge in [-0.25, -0.2) is 9.59 Å². The van der Waals surface area contributed by atoms with Gasteiger partial charge in [0.1, 0.15) is 0 Å². The zero-order chi connectivity index (χ0) is 32.8. The molecule has 0 saturated heterocycles. The SMILES string of the molecule is O=C(O)c1ccc(CN2c3ccccc3C(C3c4ccccc4N(Cc4ccc(C(=O)O)cc4)c4ccccc43)c3ccccc32)cc1. The highest BCUT2D eigenvalue weighted by molar-refractivity contribution is 5.88. The number of hydrogen-bond acceptors (Lipinski definition) is 4. The summed E-state index contributed by atoms with van der Waals surface area (Å²) in [7, 11) is 0. The minimum absolute atomic E-state index is 0.0299. The minimum Gasteiger partial charge on any atom is -0.478 e. The Balaban J connectivity index is 1.25. The summed E-state index contributed by atoms with van der Waals surface area (Å²) in [6.07, 6.45) is 0. The van der Waals surface area contributed by atoms with Crippen LogP contribution >= 0.6 is 0 Å². The number of carbonyl (C=O) groups is 2. The molecular formula is C42H32N2O4. The third-order valence-electron chi connectivity index (χ3n) is 9.67. The Kier molecular flexibility index (Phi) is 7.26. The highest BCUT2D eigenvalue weighted by Crippen LogP contribution is 2.58. The quantitative estimate of drug-likeness (QED) is 0.183. The summed E-state index contributed by atoms with van der Waals surface area (Å²) in [6, 6.07) is 48.9. The normalized spacial score (nSPS) is 13.7. The first-order chi connectivity index (χ1) is 23.5.